The van der Waals surface area contributed by atoms with Gasteiger partial charge in [-0.2, -0.15) is 5.10 Å². The molecule has 2 N–H and O–H groups in total. The SMILES string of the molecule is CC(C)c1nc(NCCNC(=O)C2CC2)c2cnn(-c3ccccc3)c2n1. The van der Waals surface area contributed by atoms with Crippen LogP contribution in [0, 0.1) is 5.92 Å². The molecule has 2 heterocycles. The Labute approximate surface area is 158 Å². The smallest absolute Gasteiger partial charge is 0.223 e. The van der Waals surface area contributed by atoms with Crippen LogP contribution in [0.2, 0.25) is 0 Å². The van der Waals surface area contributed by atoms with Crippen molar-refractivity contribution in [1.82, 2.24) is 25.1 Å². The molecule has 7 nitrogen and oxygen atoms in total. The summed E-state index contributed by atoms with van der Waals surface area (Å²) in [7, 11) is 0. The molecule has 0 saturated heterocycles. The van der Waals surface area contributed by atoms with Crippen LogP contribution in [0.1, 0.15) is 38.4 Å². The Morgan fingerprint density at radius 3 is 2.67 bits per heavy atom. The maximum atomic E-state index is 11.8. The fourth-order valence-electron chi connectivity index (χ4n) is 2.93. The highest BCUT2D eigenvalue weighted by atomic mass is 16.2. The van der Waals surface area contributed by atoms with Gasteiger partial charge >= 0.3 is 0 Å². The van der Waals surface area contributed by atoms with Gasteiger partial charge < -0.3 is 10.6 Å². The maximum absolute atomic E-state index is 11.8. The van der Waals surface area contributed by atoms with E-state index in [1.807, 2.05) is 35.0 Å². The zero-order valence-corrected chi connectivity index (χ0v) is 15.6. The van der Waals surface area contributed by atoms with Crippen molar-refractivity contribution in [2.24, 2.45) is 5.92 Å². The molecule has 2 aromatic heterocycles. The summed E-state index contributed by atoms with van der Waals surface area (Å²) in [6, 6.07) is 9.95. The zero-order chi connectivity index (χ0) is 18.8. The molecule has 4 rings (SSSR count). The summed E-state index contributed by atoms with van der Waals surface area (Å²) in [4.78, 5) is 21.2. The minimum atomic E-state index is 0.157. The monoisotopic (exact) mass is 364 g/mol. The van der Waals surface area contributed by atoms with Crippen LogP contribution in [0.15, 0.2) is 36.5 Å². The van der Waals surface area contributed by atoms with Crippen molar-refractivity contribution in [3.8, 4) is 5.69 Å². The Morgan fingerprint density at radius 2 is 1.96 bits per heavy atom. The second kappa shape index (κ2) is 7.34. The van der Waals surface area contributed by atoms with Crippen molar-refractivity contribution >= 4 is 22.8 Å². The summed E-state index contributed by atoms with van der Waals surface area (Å²) >= 11 is 0. The van der Waals surface area contributed by atoms with Crippen LogP contribution in [0.25, 0.3) is 16.7 Å². The topological polar surface area (TPSA) is 84.7 Å². The number of hydrogen-bond donors (Lipinski definition) is 2. The van der Waals surface area contributed by atoms with Gasteiger partial charge in [0.25, 0.3) is 0 Å². The molecule has 0 radical (unpaired) electrons. The average molecular weight is 364 g/mol. The van der Waals surface area contributed by atoms with Crippen LogP contribution in [0.4, 0.5) is 5.82 Å². The van der Waals surface area contributed by atoms with E-state index in [-0.39, 0.29) is 17.7 Å². The number of hydrogen-bond acceptors (Lipinski definition) is 5. The van der Waals surface area contributed by atoms with E-state index in [1.165, 1.54) is 0 Å². The van der Waals surface area contributed by atoms with Gasteiger partial charge in [0.15, 0.2) is 5.65 Å². The fourth-order valence-corrected chi connectivity index (χ4v) is 2.93. The summed E-state index contributed by atoms with van der Waals surface area (Å²) in [5, 5.41) is 11.7. The van der Waals surface area contributed by atoms with Crippen LogP contribution < -0.4 is 10.6 Å². The molecule has 7 heteroatoms. The van der Waals surface area contributed by atoms with Gasteiger partial charge in [-0.3, -0.25) is 4.79 Å². The third kappa shape index (κ3) is 3.77. The van der Waals surface area contributed by atoms with Gasteiger partial charge in [-0.25, -0.2) is 14.6 Å². The highest BCUT2D eigenvalue weighted by Gasteiger charge is 2.29. The summed E-state index contributed by atoms with van der Waals surface area (Å²) in [5.41, 5.74) is 1.74. The molecule has 27 heavy (non-hydrogen) atoms. The summed E-state index contributed by atoms with van der Waals surface area (Å²) in [5.74, 6) is 2.11. The van der Waals surface area contributed by atoms with Gasteiger partial charge in [0.05, 0.1) is 17.3 Å². The number of rotatable bonds is 7. The molecule has 1 aliphatic carbocycles. The molecule has 0 aliphatic heterocycles. The lowest BCUT2D eigenvalue weighted by Crippen LogP contribution is -2.30. The summed E-state index contributed by atoms with van der Waals surface area (Å²) in [6.07, 6.45) is 3.82. The Morgan fingerprint density at radius 1 is 1.19 bits per heavy atom. The largest absolute Gasteiger partial charge is 0.368 e. The predicted molar refractivity (Wildman–Crippen MR) is 105 cm³/mol. The van der Waals surface area contributed by atoms with Gasteiger partial charge in [0.2, 0.25) is 5.91 Å². The van der Waals surface area contributed by atoms with Gasteiger partial charge in [-0.05, 0) is 25.0 Å². The Kier molecular flexibility index (Phi) is 4.75. The van der Waals surface area contributed by atoms with E-state index < -0.39 is 0 Å². The molecular weight excluding hydrogens is 340 g/mol. The number of carbonyl (C=O) groups is 1. The van der Waals surface area contributed by atoms with E-state index >= 15 is 0 Å². The predicted octanol–water partition coefficient (Wildman–Crippen LogP) is 2.88. The number of nitrogens with one attached hydrogen (secondary N) is 2. The highest BCUT2D eigenvalue weighted by molar-refractivity contribution is 5.87. The number of aromatic nitrogens is 4. The number of amides is 1. The van der Waals surface area contributed by atoms with Gasteiger partial charge in [0, 0.05) is 24.9 Å². The quantitative estimate of drug-likeness (QED) is 0.630. The van der Waals surface area contributed by atoms with Crippen molar-refractivity contribution in [2.45, 2.75) is 32.6 Å². The van der Waals surface area contributed by atoms with Crippen LogP contribution in [-0.4, -0.2) is 38.7 Å². The highest BCUT2D eigenvalue weighted by Crippen LogP contribution is 2.28. The summed E-state index contributed by atoms with van der Waals surface area (Å²) in [6.45, 7) is 5.33. The molecule has 0 unspecified atom stereocenters. The lowest BCUT2D eigenvalue weighted by atomic mass is 10.2. The molecule has 3 aromatic rings. The molecule has 1 aromatic carbocycles. The van der Waals surface area contributed by atoms with E-state index in [1.54, 1.807) is 6.20 Å². The zero-order valence-electron chi connectivity index (χ0n) is 15.6. The lowest BCUT2D eigenvalue weighted by Gasteiger charge is -2.12. The first-order valence-electron chi connectivity index (χ1n) is 9.46. The first kappa shape index (κ1) is 17.5. The second-order valence-corrected chi connectivity index (χ2v) is 7.21. The van der Waals surface area contributed by atoms with Crippen LogP contribution >= 0.6 is 0 Å². The normalized spacial score (nSPS) is 13.9. The second-order valence-electron chi connectivity index (χ2n) is 7.21. The molecule has 1 aliphatic rings. The molecule has 1 fully saturated rings. The number of fused-ring (bicyclic) bond motifs is 1. The van der Waals surface area contributed by atoms with Crippen LogP contribution in [0.3, 0.4) is 0 Å². The Balaban J connectivity index is 1.59. The number of para-hydroxylation sites is 1. The van der Waals surface area contributed by atoms with Gasteiger partial charge in [-0.15, -0.1) is 0 Å². The molecule has 0 atom stereocenters. The van der Waals surface area contributed by atoms with Crippen LogP contribution in [-0.2, 0) is 4.79 Å². The van der Waals surface area contributed by atoms with Crippen LogP contribution in [0.5, 0.6) is 0 Å². The van der Waals surface area contributed by atoms with Crippen molar-refractivity contribution in [2.75, 3.05) is 18.4 Å². The molecule has 0 bridgehead atoms. The van der Waals surface area contributed by atoms with Gasteiger partial charge in [0.1, 0.15) is 11.6 Å². The third-order valence-corrected chi connectivity index (χ3v) is 4.63. The lowest BCUT2D eigenvalue weighted by molar-refractivity contribution is -0.122. The van der Waals surface area contributed by atoms with Crippen molar-refractivity contribution in [3.63, 3.8) is 0 Å². The van der Waals surface area contributed by atoms with Crippen molar-refractivity contribution in [1.29, 1.82) is 0 Å². The molecular formula is C20H24N6O. The standard InChI is InChI=1S/C20H24N6O/c1-13(2)17-24-18(21-10-11-22-20(27)14-8-9-14)16-12-23-26(19(16)25-17)15-6-4-3-5-7-15/h3-7,12-14H,8-11H2,1-2H3,(H,22,27)(H,21,24,25). The first-order valence-corrected chi connectivity index (χ1v) is 9.46. The van der Waals surface area contributed by atoms with E-state index in [0.717, 1.165) is 41.2 Å². The number of anilines is 1. The molecule has 0 spiro atoms. The third-order valence-electron chi connectivity index (χ3n) is 4.63. The molecule has 1 amide bonds. The van der Waals surface area contributed by atoms with E-state index in [0.29, 0.717) is 13.1 Å². The van der Waals surface area contributed by atoms with E-state index in [2.05, 4.69) is 34.6 Å². The minimum Gasteiger partial charge on any atom is -0.368 e. The Hall–Kier alpha value is -2.96. The fraction of sp³-hybridized carbons (Fsp3) is 0.400. The van der Waals surface area contributed by atoms with Crippen molar-refractivity contribution in [3.05, 3.63) is 42.4 Å². The first-order chi connectivity index (χ1) is 13.1. The molecule has 140 valence electrons. The minimum absolute atomic E-state index is 0.157. The Bertz CT molecular complexity index is 946. The average Bonchev–Trinajstić information content (AvgIpc) is 3.44. The summed E-state index contributed by atoms with van der Waals surface area (Å²) < 4.78 is 1.84. The number of benzene rings is 1. The number of carbonyl (C=O) groups excluding carboxylic acids is 1. The van der Waals surface area contributed by atoms with E-state index in [4.69, 9.17) is 4.98 Å². The van der Waals surface area contributed by atoms with E-state index in [9.17, 15) is 4.79 Å². The van der Waals surface area contributed by atoms with Gasteiger partial charge in [-0.1, -0.05) is 32.0 Å². The maximum Gasteiger partial charge on any atom is 0.223 e. The van der Waals surface area contributed by atoms with Crippen molar-refractivity contribution < 1.29 is 4.79 Å². The number of nitrogens with zero attached hydrogens (tertiary/aromatic N) is 4. The molecule has 1 saturated carbocycles.